The Morgan fingerprint density at radius 3 is 2.29 bits per heavy atom. The summed E-state index contributed by atoms with van der Waals surface area (Å²) >= 11 is 0. The van der Waals surface area contributed by atoms with Crippen molar-refractivity contribution in [2.45, 2.75) is 19.5 Å². The van der Waals surface area contributed by atoms with Crippen molar-refractivity contribution in [3.63, 3.8) is 0 Å². The van der Waals surface area contributed by atoms with Gasteiger partial charge in [-0.05, 0) is 50.8 Å². The molecular formula is C17H20F2N2. The first-order valence-electron chi connectivity index (χ1n) is 6.91. The Hall–Kier alpha value is -1.94. The van der Waals surface area contributed by atoms with E-state index in [1.54, 1.807) is 6.92 Å². The fourth-order valence-corrected chi connectivity index (χ4v) is 2.37. The zero-order valence-electron chi connectivity index (χ0n) is 12.5. The molecule has 1 unspecified atom stereocenters. The van der Waals surface area contributed by atoms with Gasteiger partial charge in [-0.25, -0.2) is 8.78 Å². The lowest BCUT2D eigenvalue weighted by molar-refractivity contribution is 0.402. The van der Waals surface area contributed by atoms with E-state index in [9.17, 15) is 8.78 Å². The largest absolute Gasteiger partial charge is 0.378 e. The van der Waals surface area contributed by atoms with Crippen LogP contribution in [0.3, 0.4) is 0 Å². The lowest BCUT2D eigenvalue weighted by Crippen LogP contribution is -2.12. The maximum atomic E-state index is 13.8. The van der Waals surface area contributed by atoms with Gasteiger partial charge in [0.2, 0.25) is 0 Å². The first-order valence-corrected chi connectivity index (χ1v) is 6.91. The molecule has 0 heterocycles. The van der Waals surface area contributed by atoms with Gasteiger partial charge < -0.3 is 10.2 Å². The van der Waals surface area contributed by atoms with Gasteiger partial charge in [0.1, 0.15) is 11.6 Å². The molecule has 0 bridgehead atoms. The summed E-state index contributed by atoms with van der Waals surface area (Å²) in [6, 6.07) is 11.3. The second-order valence-corrected chi connectivity index (χ2v) is 5.44. The molecule has 0 saturated carbocycles. The van der Waals surface area contributed by atoms with E-state index in [-0.39, 0.29) is 5.56 Å². The molecule has 112 valence electrons. The van der Waals surface area contributed by atoms with Gasteiger partial charge in [0.05, 0.1) is 6.04 Å². The van der Waals surface area contributed by atoms with E-state index in [0.29, 0.717) is 0 Å². The number of anilines is 1. The molecule has 0 aromatic heterocycles. The number of hydrogen-bond acceptors (Lipinski definition) is 2. The van der Waals surface area contributed by atoms with E-state index in [1.807, 2.05) is 38.4 Å². The van der Waals surface area contributed by atoms with Gasteiger partial charge in [-0.3, -0.25) is 0 Å². The molecule has 1 atom stereocenters. The highest BCUT2D eigenvalue weighted by molar-refractivity contribution is 5.48. The van der Waals surface area contributed by atoms with Crippen molar-refractivity contribution in [1.29, 1.82) is 0 Å². The number of halogens is 2. The third-order valence-electron chi connectivity index (χ3n) is 3.24. The third kappa shape index (κ3) is 4.02. The van der Waals surface area contributed by atoms with Crippen LogP contribution in [0.2, 0.25) is 0 Å². The van der Waals surface area contributed by atoms with Crippen molar-refractivity contribution in [3.05, 3.63) is 65.2 Å². The van der Waals surface area contributed by atoms with Crippen LogP contribution in [-0.2, 0) is 6.54 Å². The Morgan fingerprint density at radius 2 is 1.67 bits per heavy atom. The molecule has 0 aliphatic carbocycles. The molecule has 0 fully saturated rings. The van der Waals surface area contributed by atoms with Crippen LogP contribution in [0.1, 0.15) is 24.1 Å². The van der Waals surface area contributed by atoms with Crippen LogP contribution in [0.4, 0.5) is 14.5 Å². The maximum Gasteiger partial charge on any atom is 0.131 e. The molecule has 21 heavy (non-hydrogen) atoms. The molecule has 2 aromatic rings. The van der Waals surface area contributed by atoms with Crippen LogP contribution in [0.25, 0.3) is 0 Å². The Kier molecular flexibility index (Phi) is 4.91. The number of rotatable bonds is 5. The summed E-state index contributed by atoms with van der Waals surface area (Å²) in [6.45, 7) is 2.57. The average molecular weight is 290 g/mol. The van der Waals surface area contributed by atoms with Gasteiger partial charge in [0.25, 0.3) is 0 Å². The smallest absolute Gasteiger partial charge is 0.131 e. The van der Waals surface area contributed by atoms with Gasteiger partial charge in [-0.1, -0.05) is 18.2 Å². The van der Waals surface area contributed by atoms with Gasteiger partial charge >= 0.3 is 0 Å². The second kappa shape index (κ2) is 6.68. The summed E-state index contributed by atoms with van der Waals surface area (Å²) in [7, 11) is 3.99. The topological polar surface area (TPSA) is 15.3 Å². The minimum absolute atomic E-state index is 0.0653. The summed E-state index contributed by atoms with van der Waals surface area (Å²) < 4.78 is 27.5. The standard InChI is InChI=1S/C17H20F2N2/c1-12(17-15(18)8-5-9-16(17)19)20-14-7-4-6-13(10-14)11-21(2)3/h4-10,12,20H,11H2,1-3H3. The van der Waals surface area contributed by atoms with E-state index < -0.39 is 17.7 Å². The van der Waals surface area contributed by atoms with Crippen LogP contribution in [0.5, 0.6) is 0 Å². The van der Waals surface area contributed by atoms with E-state index in [1.165, 1.54) is 18.2 Å². The Morgan fingerprint density at radius 1 is 1.05 bits per heavy atom. The molecule has 0 aliphatic heterocycles. The number of nitrogens with zero attached hydrogens (tertiary/aromatic N) is 1. The van der Waals surface area contributed by atoms with Gasteiger partial charge in [-0.2, -0.15) is 0 Å². The molecule has 0 spiro atoms. The van der Waals surface area contributed by atoms with Crippen LogP contribution >= 0.6 is 0 Å². The van der Waals surface area contributed by atoms with Crippen LogP contribution in [0.15, 0.2) is 42.5 Å². The third-order valence-corrected chi connectivity index (χ3v) is 3.24. The molecule has 0 radical (unpaired) electrons. The highest BCUT2D eigenvalue weighted by Gasteiger charge is 2.15. The van der Waals surface area contributed by atoms with Crippen molar-refractivity contribution < 1.29 is 8.78 Å². The fraction of sp³-hybridized carbons (Fsp3) is 0.294. The first kappa shape index (κ1) is 15.4. The van der Waals surface area contributed by atoms with E-state index in [2.05, 4.69) is 10.2 Å². The molecule has 2 aromatic carbocycles. The molecule has 2 nitrogen and oxygen atoms in total. The number of hydrogen-bond donors (Lipinski definition) is 1. The molecule has 0 aliphatic rings. The molecular weight excluding hydrogens is 270 g/mol. The maximum absolute atomic E-state index is 13.8. The summed E-state index contributed by atoms with van der Waals surface area (Å²) in [6.07, 6.45) is 0. The van der Waals surface area contributed by atoms with Crippen LogP contribution in [0, 0.1) is 11.6 Å². The first-order chi connectivity index (χ1) is 9.97. The van der Waals surface area contributed by atoms with Crippen molar-refractivity contribution in [2.24, 2.45) is 0 Å². The Balaban J connectivity index is 2.18. The molecule has 4 heteroatoms. The summed E-state index contributed by atoms with van der Waals surface area (Å²) in [4.78, 5) is 2.07. The second-order valence-electron chi connectivity index (χ2n) is 5.44. The summed E-state index contributed by atoms with van der Waals surface area (Å²) in [5.74, 6) is -1.06. The number of nitrogens with one attached hydrogen (secondary N) is 1. The van der Waals surface area contributed by atoms with Gasteiger partial charge in [0.15, 0.2) is 0 Å². The predicted octanol–water partition coefficient (Wildman–Crippen LogP) is 4.20. The van der Waals surface area contributed by atoms with Crippen molar-refractivity contribution in [3.8, 4) is 0 Å². The zero-order chi connectivity index (χ0) is 15.4. The van der Waals surface area contributed by atoms with Crippen LogP contribution in [-0.4, -0.2) is 19.0 Å². The summed E-state index contributed by atoms with van der Waals surface area (Å²) in [5.41, 5.74) is 2.06. The average Bonchev–Trinajstić information content (AvgIpc) is 2.37. The minimum Gasteiger partial charge on any atom is -0.378 e. The lowest BCUT2D eigenvalue weighted by atomic mass is 10.1. The Labute approximate surface area is 124 Å². The van der Waals surface area contributed by atoms with Gasteiger partial charge in [0, 0.05) is 17.8 Å². The zero-order valence-corrected chi connectivity index (χ0v) is 12.5. The normalized spacial score (nSPS) is 12.5. The van der Waals surface area contributed by atoms with Crippen LogP contribution < -0.4 is 5.32 Å². The van der Waals surface area contributed by atoms with E-state index in [0.717, 1.165) is 17.8 Å². The predicted molar refractivity (Wildman–Crippen MR) is 82.2 cm³/mol. The summed E-state index contributed by atoms with van der Waals surface area (Å²) in [5, 5.41) is 3.15. The van der Waals surface area contributed by atoms with E-state index in [4.69, 9.17) is 0 Å². The fourth-order valence-electron chi connectivity index (χ4n) is 2.37. The number of benzene rings is 2. The van der Waals surface area contributed by atoms with Crippen molar-refractivity contribution >= 4 is 5.69 Å². The van der Waals surface area contributed by atoms with E-state index >= 15 is 0 Å². The quantitative estimate of drug-likeness (QED) is 0.888. The highest BCUT2D eigenvalue weighted by atomic mass is 19.1. The Bertz CT molecular complexity index is 591. The SMILES string of the molecule is CC(Nc1cccc(CN(C)C)c1)c1c(F)cccc1F. The lowest BCUT2D eigenvalue weighted by Gasteiger charge is -2.18. The molecule has 1 N–H and O–H groups in total. The van der Waals surface area contributed by atoms with Crippen molar-refractivity contribution in [1.82, 2.24) is 4.90 Å². The monoisotopic (exact) mass is 290 g/mol. The highest BCUT2D eigenvalue weighted by Crippen LogP contribution is 2.24. The molecule has 2 rings (SSSR count). The van der Waals surface area contributed by atoms with Gasteiger partial charge in [-0.15, -0.1) is 0 Å². The molecule has 0 saturated heterocycles. The van der Waals surface area contributed by atoms with Crippen molar-refractivity contribution in [2.75, 3.05) is 19.4 Å². The minimum atomic E-state index is -0.528. The molecule has 0 amide bonds.